The molecule has 0 aliphatic rings. The zero-order valence-corrected chi connectivity index (χ0v) is 14.2. The Morgan fingerprint density at radius 2 is 1.92 bits per heavy atom. The second-order valence-electron chi connectivity index (χ2n) is 4.97. The largest absolute Gasteiger partial charge is 0.493 e. The minimum atomic E-state index is -3.56. The summed E-state index contributed by atoms with van der Waals surface area (Å²) in [5.41, 5.74) is 5.77. The van der Waals surface area contributed by atoms with E-state index < -0.39 is 9.84 Å². The lowest BCUT2D eigenvalue weighted by Gasteiger charge is -2.03. The van der Waals surface area contributed by atoms with E-state index in [2.05, 4.69) is 15.0 Å². The van der Waals surface area contributed by atoms with Gasteiger partial charge in [0.1, 0.15) is 17.1 Å². The number of nitrogens with zero attached hydrogens (tertiary/aromatic N) is 3. The van der Waals surface area contributed by atoms with Crippen molar-refractivity contribution in [1.29, 1.82) is 0 Å². The minimum Gasteiger partial charge on any atom is -0.493 e. The molecule has 0 saturated heterocycles. The maximum atomic E-state index is 12.8. The highest BCUT2D eigenvalue weighted by molar-refractivity contribution is 7.90. The van der Waals surface area contributed by atoms with Crippen LogP contribution in [0.2, 0.25) is 0 Å². The van der Waals surface area contributed by atoms with Gasteiger partial charge in [0, 0.05) is 12.7 Å². The number of rotatable bonds is 5. The number of sulfone groups is 1. The minimum absolute atomic E-state index is 0.110. The predicted molar refractivity (Wildman–Crippen MR) is 88.3 cm³/mol. The molecule has 3 aromatic rings. The maximum Gasteiger partial charge on any atom is 0.222 e. The van der Waals surface area contributed by atoms with Crippen molar-refractivity contribution in [2.45, 2.75) is 11.4 Å². The molecule has 2 heterocycles. The summed E-state index contributed by atoms with van der Waals surface area (Å²) >= 11 is 1.23. The molecule has 0 aliphatic heterocycles. The average Bonchev–Trinajstić information content (AvgIpc) is 2.90. The molecule has 2 N–H and O–H groups in total. The van der Waals surface area contributed by atoms with Crippen LogP contribution < -0.4 is 10.5 Å². The van der Waals surface area contributed by atoms with Crippen LogP contribution in [0, 0.1) is 5.82 Å². The topological polar surface area (TPSA) is 108 Å². The molecule has 0 spiro atoms. The lowest BCUT2D eigenvalue weighted by atomic mass is 10.3. The summed E-state index contributed by atoms with van der Waals surface area (Å²) in [5.74, 6) is 0.0945. The van der Waals surface area contributed by atoms with Crippen LogP contribution in [0.1, 0.15) is 5.01 Å². The third kappa shape index (κ3) is 3.60. The Hall–Kier alpha value is -2.33. The molecular formula is C14H13FN4O3S2. The van der Waals surface area contributed by atoms with Crippen LogP contribution in [0.5, 0.6) is 5.75 Å². The zero-order chi connectivity index (χ0) is 17.3. The van der Waals surface area contributed by atoms with Gasteiger partial charge in [0.15, 0.2) is 19.7 Å². The molecule has 1 aromatic carbocycles. The molecule has 0 amide bonds. The molecule has 24 heavy (non-hydrogen) atoms. The van der Waals surface area contributed by atoms with E-state index in [-0.39, 0.29) is 22.3 Å². The van der Waals surface area contributed by atoms with E-state index in [1.54, 1.807) is 0 Å². The summed E-state index contributed by atoms with van der Waals surface area (Å²) in [6, 6.07) is 5.68. The standard InChI is InChI=1S/C14H13FN4O3S2/c1-24(20,21)13-11-12(18-14(16)19-13)23-10(17-11)6-7-22-9-4-2-8(15)3-5-9/h2-5H,6-7H2,1H3,(H2,16,18,19). The number of halogens is 1. The lowest BCUT2D eigenvalue weighted by Crippen LogP contribution is -2.06. The van der Waals surface area contributed by atoms with Gasteiger partial charge in [-0.1, -0.05) is 11.3 Å². The first-order chi connectivity index (χ1) is 11.3. The van der Waals surface area contributed by atoms with Gasteiger partial charge in [-0.15, -0.1) is 0 Å². The SMILES string of the molecule is CS(=O)(=O)c1nc(N)nc2sc(CCOc3ccc(F)cc3)nc12. The molecule has 0 bridgehead atoms. The Morgan fingerprint density at radius 1 is 1.21 bits per heavy atom. The van der Waals surface area contributed by atoms with Crippen LogP contribution in [0.4, 0.5) is 10.3 Å². The molecule has 0 aliphatic carbocycles. The normalized spacial score (nSPS) is 11.8. The van der Waals surface area contributed by atoms with E-state index in [9.17, 15) is 12.8 Å². The summed E-state index contributed by atoms with van der Waals surface area (Å²) in [6.07, 6.45) is 1.49. The Labute approximate surface area is 141 Å². The molecule has 3 rings (SSSR count). The van der Waals surface area contributed by atoms with E-state index in [0.717, 1.165) is 6.26 Å². The molecule has 0 saturated carbocycles. The van der Waals surface area contributed by atoms with Crippen molar-refractivity contribution >= 4 is 37.5 Å². The number of fused-ring (bicyclic) bond motifs is 1. The fraction of sp³-hybridized carbons (Fsp3) is 0.214. The Kier molecular flexibility index (Phi) is 4.33. The van der Waals surface area contributed by atoms with Gasteiger partial charge in [-0.05, 0) is 24.3 Å². The van der Waals surface area contributed by atoms with E-state index in [1.807, 2.05) is 0 Å². The lowest BCUT2D eigenvalue weighted by molar-refractivity contribution is 0.321. The predicted octanol–water partition coefficient (Wildman–Crippen LogP) is 1.83. The van der Waals surface area contributed by atoms with Gasteiger partial charge in [0.2, 0.25) is 5.95 Å². The van der Waals surface area contributed by atoms with Crippen LogP contribution in [0.3, 0.4) is 0 Å². The highest BCUT2D eigenvalue weighted by Crippen LogP contribution is 2.26. The summed E-state index contributed by atoms with van der Waals surface area (Å²) in [4.78, 5) is 12.5. The van der Waals surface area contributed by atoms with Gasteiger partial charge >= 0.3 is 0 Å². The summed E-state index contributed by atoms with van der Waals surface area (Å²) in [7, 11) is -3.56. The van der Waals surface area contributed by atoms with E-state index in [4.69, 9.17) is 10.5 Å². The van der Waals surface area contributed by atoms with E-state index >= 15 is 0 Å². The maximum absolute atomic E-state index is 12.8. The monoisotopic (exact) mass is 368 g/mol. The molecule has 10 heteroatoms. The van der Waals surface area contributed by atoms with Crippen molar-refractivity contribution in [1.82, 2.24) is 15.0 Å². The summed E-state index contributed by atoms with van der Waals surface area (Å²) in [6.45, 7) is 0.308. The van der Waals surface area contributed by atoms with E-state index in [1.165, 1.54) is 35.6 Å². The Balaban J connectivity index is 1.79. The van der Waals surface area contributed by atoms with Crippen molar-refractivity contribution in [3.05, 3.63) is 35.1 Å². The van der Waals surface area contributed by atoms with Crippen LogP contribution in [0.25, 0.3) is 10.3 Å². The summed E-state index contributed by atoms with van der Waals surface area (Å²) in [5, 5.41) is 0.476. The second kappa shape index (κ2) is 6.29. The molecule has 2 aromatic heterocycles. The molecule has 126 valence electrons. The number of benzene rings is 1. The fourth-order valence-electron chi connectivity index (χ4n) is 2.01. The van der Waals surface area contributed by atoms with Crippen LogP contribution >= 0.6 is 11.3 Å². The zero-order valence-electron chi connectivity index (χ0n) is 12.6. The molecule has 0 atom stereocenters. The number of anilines is 1. The molecule has 0 unspecified atom stereocenters. The van der Waals surface area contributed by atoms with Gasteiger partial charge in [-0.2, -0.15) is 4.98 Å². The quantitative estimate of drug-likeness (QED) is 0.684. The first kappa shape index (κ1) is 16.5. The molecule has 7 nitrogen and oxygen atoms in total. The number of hydrogen-bond acceptors (Lipinski definition) is 8. The highest BCUT2D eigenvalue weighted by Gasteiger charge is 2.20. The van der Waals surface area contributed by atoms with Gasteiger partial charge in [-0.3, -0.25) is 0 Å². The van der Waals surface area contributed by atoms with Crippen molar-refractivity contribution in [3.8, 4) is 5.75 Å². The molecule has 0 radical (unpaired) electrons. The number of nitrogen functional groups attached to an aromatic ring is 1. The molecule has 0 fully saturated rings. The van der Waals surface area contributed by atoms with Gasteiger partial charge in [0.05, 0.1) is 11.6 Å². The Bertz CT molecular complexity index is 987. The van der Waals surface area contributed by atoms with Crippen molar-refractivity contribution in [3.63, 3.8) is 0 Å². The third-order valence-electron chi connectivity index (χ3n) is 3.04. The van der Waals surface area contributed by atoms with Crippen LogP contribution in [-0.2, 0) is 16.3 Å². The first-order valence-corrected chi connectivity index (χ1v) is 9.55. The molecular weight excluding hydrogens is 355 g/mol. The number of thiazole rings is 1. The second-order valence-corrected chi connectivity index (χ2v) is 7.97. The third-order valence-corrected chi connectivity index (χ3v) is 5.03. The Morgan fingerprint density at radius 3 is 2.58 bits per heavy atom. The van der Waals surface area contributed by atoms with Crippen LogP contribution in [0.15, 0.2) is 29.3 Å². The number of nitrogens with two attached hydrogens (primary N) is 1. The number of hydrogen-bond donors (Lipinski definition) is 1. The summed E-state index contributed by atoms with van der Waals surface area (Å²) < 4.78 is 41.9. The van der Waals surface area contributed by atoms with Crippen molar-refractivity contribution in [2.75, 3.05) is 18.6 Å². The highest BCUT2D eigenvalue weighted by atomic mass is 32.2. The van der Waals surface area contributed by atoms with E-state index in [0.29, 0.717) is 28.6 Å². The van der Waals surface area contributed by atoms with Gasteiger partial charge < -0.3 is 10.5 Å². The van der Waals surface area contributed by atoms with Gasteiger partial charge in [0.25, 0.3) is 0 Å². The van der Waals surface area contributed by atoms with Crippen molar-refractivity contribution in [2.24, 2.45) is 0 Å². The number of aromatic nitrogens is 3. The smallest absolute Gasteiger partial charge is 0.222 e. The number of ether oxygens (including phenoxy) is 1. The van der Waals surface area contributed by atoms with Crippen LogP contribution in [-0.4, -0.2) is 36.2 Å². The van der Waals surface area contributed by atoms with Crippen molar-refractivity contribution < 1.29 is 17.5 Å². The fourth-order valence-corrected chi connectivity index (χ4v) is 3.75. The van der Waals surface area contributed by atoms with Gasteiger partial charge in [-0.25, -0.2) is 22.8 Å². The average molecular weight is 368 g/mol. The first-order valence-electron chi connectivity index (χ1n) is 6.84.